The number of terminal acetylenes is 2. The molecule has 1 aliphatic carbocycles. The fourth-order valence-corrected chi connectivity index (χ4v) is 26.2. The minimum absolute atomic E-state index is 0.323. The molecule has 0 amide bonds. The van der Waals surface area contributed by atoms with Crippen LogP contribution in [0.3, 0.4) is 0 Å². The summed E-state index contributed by atoms with van der Waals surface area (Å²) in [5, 5.41) is 21.5. The summed E-state index contributed by atoms with van der Waals surface area (Å²) in [6.45, 7) is 12.4. The highest BCUT2D eigenvalue weighted by Gasteiger charge is 2.32. The Bertz CT molecular complexity index is 6010. The molecule has 0 fully saturated rings. The van der Waals surface area contributed by atoms with Crippen molar-refractivity contribution in [1.29, 1.82) is 0 Å². The van der Waals surface area contributed by atoms with Crippen molar-refractivity contribution in [1.82, 2.24) is 24.2 Å². The van der Waals surface area contributed by atoms with Gasteiger partial charge in [0.1, 0.15) is 22.7 Å². The van der Waals surface area contributed by atoms with E-state index in [4.69, 9.17) is 12.8 Å². The van der Waals surface area contributed by atoms with Crippen molar-refractivity contribution in [3.8, 4) is 66.7 Å². The number of thiophene rings is 4. The summed E-state index contributed by atoms with van der Waals surface area (Å²) in [5.41, 5.74) is 14.4. The molecule has 16 nitrogen and oxygen atoms in total. The van der Waals surface area contributed by atoms with E-state index >= 15 is 0 Å². The van der Waals surface area contributed by atoms with Gasteiger partial charge in [-0.15, -0.1) is 70.0 Å². The van der Waals surface area contributed by atoms with Gasteiger partial charge in [0.25, 0.3) is 10.0 Å². The molecule has 3 N–H and O–H groups in total. The summed E-state index contributed by atoms with van der Waals surface area (Å²) in [6.07, 6.45) is 29.3. The largest absolute Gasteiger partial charge is 0.389 e. The van der Waals surface area contributed by atoms with Gasteiger partial charge in [0.15, 0.2) is 29.5 Å². The molecule has 0 saturated carbocycles. The molecule has 6 aromatic heterocycles. The Morgan fingerprint density at radius 3 is 1.50 bits per heavy atom. The number of benzene rings is 6. The maximum Gasteiger partial charge on any atom is 0.253 e. The summed E-state index contributed by atoms with van der Waals surface area (Å²) in [7, 11) is -13.5. The van der Waals surface area contributed by atoms with Crippen LogP contribution in [0.25, 0.3) is 42.0 Å². The topological polar surface area (TPSA) is 244 Å². The number of aliphatic hydroxyl groups excluding tert-OH is 2. The lowest BCUT2D eigenvalue weighted by Gasteiger charge is -2.13. The Labute approximate surface area is 712 Å². The number of nitrogens with zero attached hydrogens (tertiary/aromatic N) is 5. The minimum atomic E-state index is -3.44. The second-order valence-corrected chi connectivity index (χ2v) is 42.8. The molecule has 0 radical (unpaired) electrons. The van der Waals surface area contributed by atoms with E-state index in [1.165, 1.54) is 77.5 Å². The van der Waals surface area contributed by atoms with Crippen LogP contribution in [0.2, 0.25) is 0 Å². The average molecular weight is 1730 g/mol. The van der Waals surface area contributed by atoms with Crippen molar-refractivity contribution in [2.45, 2.75) is 170 Å². The fraction of sp³-hybridized carbons (Fsp3) is 0.277. The highest BCUT2D eigenvalue weighted by Crippen LogP contribution is 2.39. The van der Waals surface area contributed by atoms with Gasteiger partial charge in [-0.25, -0.2) is 53.6 Å². The number of anilines is 2. The maximum atomic E-state index is 13.0. The first kappa shape index (κ1) is 89.2. The average Bonchev–Trinajstić information content (AvgIpc) is 1.66. The predicted octanol–water partition coefficient (Wildman–Crippen LogP) is 21.1. The molecule has 4 atom stereocenters. The van der Waals surface area contributed by atoms with E-state index in [-0.39, 0.29) is 5.25 Å². The Morgan fingerprint density at radius 1 is 0.483 bits per heavy atom. The van der Waals surface area contributed by atoms with Gasteiger partial charge in [0, 0.05) is 60.2 Å². The van der Waals surface area contributed by atoms with Crippen molar-refractivity contribution in [3.63, 3.8) is 0 Å². The first-order valence-corrected chi connectivity index (χ1v) is 48.7. The van der Waals surface area contributed by atoms with E-state index < -0.39 is 62.2 Å². The third-order valence-electron chi connectivity index (χ3n) is 20.1. The second-order valence-electron chi connectivity index (χ2n) is 29.0. The molecular weight excluding hydrogens is 1630 g/mol. The van der Waals surface area contributed by atoms with Gasteiger partial charge in [0.05, 0.1) is 49.1 Å². The van der Waals surface area contributed by atoms with Crippen LogP contribution in [0.4, 0.5) is 11.6 Å². The lowest BCUT2D eigenvalue weighted by molar-refractivity contribution is 0.199. The summed E-state index contributed by atoms with van der Waals surface area (Å²) in [4.78, 5) is 21.4. The van der Waals surface area contributed by atoms with Crippen LogP contribution in [0, 0.1) is 31.6 Å². The summed E-state index contributed by atoms with van der Waals surface area (Å²) < 4.78 is 106. The van der Waals surface area contributed by atoms with Gasteiger partial charge in [-0.05, 0) is 207 Å². The molecule has 1 aliphatic heterocycles. The standard InChI is InChI=1S/C25H26O2S2.C23H25N3O3S2.C23H24N2O2S2.C23H23NO3S2/c1-4-6-13-23(5-2)29(26,27)25-15-14-24(28-25)22-12-8-11-21(18-22)17-20-10-7-9-19(3)16-20;1-4-6-10-19(5-2)31(28,29)22-12-11-21(30-22)20-13-14-24-23(26-20)25-18-9-7-8-17(15-18)16(3)27;1-2-5-17-8-10-18(11-9-17)16-22-24-15-14-20(25-22)21-12-13-23(28-21)29(26,27)19-6-3-4-7-19;1-17(25)20-8-4-6-18(15-20)14-19-7-5-9-21(16-19)22-10-11-23(28-22)29(26,27)24-12-2-3-13-24/h1,7-12,14-16,18,23H,5-6,13,17H2,2-3H3;1,7-9,11-16,19,27H,5-6,10H2,2-3H3,(H,24,25,26);3-4,8-15,19H,2,5-7,16H2,1H3;2-11,15-17,25H,12-14H2,1H3. The first-order valence-electron chi connectivity index (χ1n) is 39.4. The van der Waals surface area contributed by atoms with Gasteiger partial charge in [-0.1, -0.05) is 191 Å². The summed E-state index contributed by atoms with van der Waals surface area (Å²) in [5.74, 6) is 6.21. The number of aliphatic hydroxyl groups is 2. The summed E-state index contributed by atoms with van der Waals surface area (Å²) >= 11 is 5.16. The number of aromatic nitrogens is 4. The van der Waals surface area contributed by atoms with Crippen molar-refractivity contribution < 1.29 is 43.9 Å². The van der Waals surface area contributed by atoms with E-state index in [2.05, 4.69) is 130 Å². The van der Waals surface area contributed by atoms with Crippen LogP contribution < -0.4 is 5.32 Å². The Morgan fingerprint density at radius 2 is 0.949 bits per heavy atom. The maximum absolute atomic E-state index is 13.0. The van der Waals surface area contributed by atoms with Gasteiger partial charge in [-0.3, -0.25) is 0 Å². The van der Waals surface area contributed by atoms with Crippen LogP contribution in [-0.2, 0) is 65.2 Å². The number of sulfonamides is 1. The van der Waals surface area contributed by atoms with Gasteiger partial charge in [0.2, 0.25) is 5.95 Å². The molecule has 6 aromatic carbocycles. The fourth-order valence-electron chi connectivity index (χ4n) is 13.6. The lowest BCUT2D eigenvalue weighted by atomic mass is 9.99. The molecule has 24 heteroatoms. The van der Waals surface area contributed by atoms with Crippen LogP contribution in [0.15, 0.2) is 260 Å². The number of hydrogen-bond acceptors (Lipinski definition) is 19. The minimum Gasteiger partial charge on any atom is -0.389 e. The quantitative estimate of drug-likeness (QED) is 0.0280. The zero-order valence-corrected chi connectivity index (χ0v) is 73.4. The molecule has 14 rings (SSSR count). The third-order valence-corrected chi connectivity index (χ3v) is 35.4. The highest BCUT2D eigenvalue weighted by atomic mass is 32.3. The molecule has 0 saturated heterocycles. The van der Waals surface area contributed by atoms with Crippen LogP contribution in [0.5, 0.6) is 0 Å². The number of allylic oxidation sites excluding steroid dienone is 2. The van der Waals surface area contributed by atoms with Gasteiger partial charge < -0.3 is 15.5 Å². The molecule has 612 valence electrons. The van der Waals surface area contributed by atoms with E-state index in [0.717, 1.165) is 95.8 Å². The molecule has 0 spiro atoms. The van der Waals surface area contributed by atoms with E-state index in [9.17, 15) is 43.9 Å². The van der Waals surface area contributed by atoms with E-state index in [1.54, 1.807) is 62.6 Å². The third kappa shape index (κ3) is 23.7. The predicted molar refractivity (Wildman–Crippen MR) is 484 cm³/mol. The van der Waals surface area contributed by atoms with Crippen LogP contribution in [-0.4, -0.2) is 97.0 Å². The van der Waals surface area contributed by atoms with Crippen molar-refractivity contribution in [2.75, 3.05) is 18.4 Å². The molecule has 118 heavy (non-hydrogen) atoms. The number of aryl methyl sites for hydroxylation is 2. The van der Waals surface area contributed by atoms with Crippen LogP contribution >= 0.6 is 45.3 Å². The smallest absolute Gasteiger partial charge is 0.253 e. The van der Waals surface area contributed by atoms with Gasteiger partial charge in [-0.2, -0.15) is 4.31 Å². The normalized spacial score (nSPS) is 14.0. The number of nitrogens with one attached hydrogen (secondary N) is 1. The lowest BCUT2D eigenvalue weighted by Crippen LogP contribution is -2.27. The second kappa shape index (κ2) is 41.8. The zero-order valence-electron chi connectivity index (χ0n) is 66.9. The first-order chi connectivity index (χ1) is 56.8. The number of sulfone groups is 3. The van der Waals surface area contributed by atoms with Crippen LogP contribution in [0.1, 0.15) is 161 Å². The zero-order chi connectivity index (χ0) is 84.0. The molecule has 4 unspecified atom stereocenters. The SMILES string of the molecule is C#CCCC(CC)S(=O)(=O)c1ccc(-c2cccc(Cc3cccc(C)c3)c2)s1.C#CCCC(CC)S(=O)(=O)c1ccc(-c2ccnc(Nc3cccc(C(C)O)c3)n2)s1.CC(O)c1cccc(Cc2cccc(-c3ccc(S(=O)(=O)N4CC=CC4)s3)c2)c1.CCCc1ccc(Cc2nccc(-c3ccc(S(=O)(=O)C4CC=CC4)s3)n2)cc1. The van der Waals surface area contributed by atoms with Gasteiger partial charge >= 0.3 is 0 Å². The monoisotopic (exact) mass is 1730 g/mol. The van der Waals surface area contributed by atoms with Crippen molar-refractivity contribution in [3.05, 3.63) is 299 Å². The molecular formula is C94H98N6O10S8. The van der Waals surface area contributed by atoms with Crippen molar-refractivity contribution in [2.24, 2.45) is 0 Å². The molecule has 2 aliphatic rings. The van der Waals surface area contributed by atoms with Crippen molar-refractivity contribution >= 4 is 96.5 Å². The number of rotatable bonds is 30. The Kier molecular flexibility index (Phi) is 31.6. The Hall–Kier alpha value is -9.64. The number of hydrogen-bond donors (Lipinski definition) is 3. The molecule has 0 bridgehead atoms. The van der Waals surface area contributed by atoms with E-state index in [0.29, 0.717) is 99.4 Å². The van der Waals surface area contributed by atoms with E-state index in [1.807, 2.05) is 129 Å². The highest BCUT2D eigenvalue weighted by molar-refractivity contribution is 7.95. The molecule has 12 aromatic rings. The Balaban J connectivity index is 0.000000154. The summed E-state index contributed by atoms with van der Waals surface area (Å²) in [6, 6.07) is 66.8. The molecule has 7 heterocycles.